The van der Waals surface area contributed by atoms with Crippen LogP contribution in [0.25, 0.3) is 0 Å². The normalized spacial score (nSPS) is 9.74. The predicted molar refractivity (Wildman–Crippen MR) is 78.0 cm³/mol. The molecule has 0 bridgehead atoms. The minimum absolute atomic E-state index is 0.0836. The first-order chi connectivity index (χ1) is 9.04. The Labute approximate surface area is 117 Å². The molecule has 2 amide bonds. The molecule has 0 atom stereocenters. The van der Waals surface area contributed by atoms with Crippen molar-refractivity contribution < 1.29 is 9.59 Å². The number of thiocarbonyl (C=S) groups is 1. The van der Waals surface area contributed by atoms with Crippen LogP contribution in [0.3, 0.4) is 0 Å². The van der Waals surface area contributed by atoms with E-state index in [0.717, 1.165) is 0 Å². The van der Waals surface area contributed by atoms with Crippen molar-refractivity contribution in [3.05, 3.63) is 35.4 Å². The minimum Gasteiger partial charge on any atom is -0.389 e. The topological polar surface area (TPSA) is 84.2 Å². The van der Waals surface area contributed by atoms with Gasteiger partial charge in [0.05, 0.1) is 0 Å². The quantitative estimate of drug-likeness (QED) is 0.665. The van der Waals surface area contributed by atoms with Crippen LogP contribution in [0.2, 0.25) is 0 Å². The monoisotopic (exact) mass is 279 g/mol. The zero-order valence-electron chi connectivity index (χ0n) is 10.7. The number of carbonyl (C=O) groups is 2. The lowest BCUT2D eigenvalue weighted by Gasteiger charge is -2.06. The van der Waals surface area contributed by atoms with Gasteiger partial charge in [-0.15, -0.1) is 0 Å². The largest absolute Gasteiger partial charge is 0.389 e. The molecule has 1 aromatic carbocycles. The first-order valence-corrected chi connectivity index (χ1v) is 6.40. The van der Waals surface area contributed by atoms with Crippen LogP contribution in [0.4, 0.5) is 0 Å². The van der Waals surface area contributed by atoms with Crippen molar-refractivity contribution in [2.24, 2.45) is 5.73 Å². The maximum Gasteiger partial charge on any atom is 0.251 e. The number of rotatable bonds is 6. The van der Waals surface area contributed by atoms with Crippen LogP contribution in [-0.2, 0) is 4.79 Å². The van der Waals surface area contributed by atoms with E-state index in [9.17, 15) is 9.59 Å². The molecule has 102 valence electrons. The van der Waals surface area contributed by atoms with E-state index in [4.69, 9.17) is 18.0 Å². The van der Waals surface area contributed by atoms with Gasteiger partial charge in [0.1, 0.15) is 4.99 Å². The van der Waals surface area contributed by atoms with E-state index in [1.165, 1.54) is 0 Å². The van der Waals surface area contributed by atoms with Gasteiger partial charge in [0.15, 0.2) is 0 Å². The SMILES string of the molecule is CCNC(=O)CCNC(=O)c1cccc(C(N)=S)c1. The van der Waals surface area contributed by atoms with Crippen LogP contribution in [0.15, 0.2) is 24.3 Å². The Bertz CT molecular complexity index is 489. The number of hydrogen-bond acceptors (Lipinski definition) is 3. The second-order valence-corrected chi connectivity index (χ2v) is 4.34. The lowest BCUT2D eigenvalue weighted by molar-refractivity contribution is -0.120. The highest BCUT2D eigenvalue weighted by Gasteiger charge is 2.07. The number of carbonyl (C=O) groups excluding carboxylic acids is 2. The van der Waals surface area contributed by atoms with Gasteiger partial charge in [0.25, 0.3) is 5.91 Å². The van der Waals surface area contributed by atoms with E-state index in [1.807, 2.05) is 6.92 Å². The van der Waals surface area contributed by atoms with Crippen LogP contribution in [0, 0.1) is 0 Å². The molecule has 0 radical (unpaired) electrons. The van der Waals surface area contributed by atoms with Crippen LogP contribution in [0.1, 0.15) is 29.3 Å². The van der Waals surface area contributed by atoms with Crippen molar-refractivity contribution in [3.8, 4) is 0 Å². The molecule has 5 nitrogen and oxygen atoms in total. The maximum absolute atomic E-state index is 11.8. The number of benzene rings is 1. The lowest BCUT2D eigenvalue weighted by atomic mass is 10.1. The second-order valence-electron chi connectivity index (χ2n) is 3.90. The molecule has 1 rings (SSSR count). The first-order valence-electron chi connectivity index (χ1n) is 5.99. The number of nitrogens with two attached hydrogens (primary N) is 1. The molecule has 0 aliphatic carbocycles. The van der Waals surface area contributed by atoms with Crippen molar-refractivity contribution in [2.45, 2.75) is 13.3 Å². The molecule has 1 aromatic rings. The van der Waals surface area contributed by atoms with E-state index < -0.39 is 0 Å². The maximum atomic E-state index is 11.8. The van der Waals surface area contributed by atoms with Crippen LogP contribution in [-0.4, -0.2) is 29.9 Å². The third kappa shape index (κ3) is 5.05. The molecular weight excluding hydrogens is 262 g/mol. The smallest absolute Gasteiger partial charge is 0.251 e. The van der Waals surface area contributed by atoms with Crippen LogP contribution < -0.4 is 16.4 Å². The Kier molecular flexibility index (Phi) is 5.95. The summed E-state index contributed by atoms with van der Waals surface area (Å²) in [7, 11) is 0. The zero-order chi connectivity index (χ0) is 14.3. The summed E-state index contributed by atoms with van der Waals surface area (Å²) in [5.41, 5.74) is 6.62. The predicted octanol–water partition coefficient (Wildman–Crippen LogP) is 0.577. The summed E-state index contributed by atoms with van der Waals surface area (Å²) in [5.74, 6) is -0.331. The fraction of sp³-hybridized carbons (Fsp3) is 0.308. The summed E-state index contributed by atoms with van der Waals surface area (Å²) >= 11 is 4.85. The van der Waals surface area contributed by atoms with Gasteiger partial charge in [-0.2, -0.15) is 0 Å². The molecule has 4 N–H and O–H groups in total. The molecule has 0 fully saturated rings. The summed E-state index contributed by atoms with van der Waals surface area (Å²) in [6, 6.07) is 6.76. The van der Waals surface area contributed by atoms with E-state index in [1.54, 1.807) is 24.3 Å². The molecule has 0 saturated carbocycles. The number of nitrogens with one attached hydrogen (secondary N) is 2. The number of hydrogen-bond donors (Lipinski definition) is 3. The standard InChI is InChI=1S/C13H17N3O2S/c1-2-15-11(17)6-7-16-13(18)10-5-3-4-9(8-10)12(14)19/h3-5,8H,2,6-7H2,1H3,(H2,14,19)(H,15,17)(H,16,18). The third-order valence-electron chi connectivity index (χ3n) is 2.42. The fourth-order valence-electron chi connectivity index (χ4n) is 1.49. The van der Waals surface area contributed by atoms with Crippen LogP contribution in [0.5, 0.6) is 0 Å². The molecule has 0 heterocycles. The van der Waals surface area contributed by atoms with Gasteiger partial charge in [0, 0.05) is 30.6 Å². The molecule has 6 heteroatoms. The van der Waals surface area contributed by atoms with E-state index in [2.05, 4.69) is 10.6 Å². The molecule has 0 aliphatic rings. The van der Waals surface area contributed by atoms with E-state index in [0.29, 0.717) is 24.2 Å². The molecule has 0 unspecified atom stereocenters. The first kappa shape index (κ1) is 15.1. The molecule has 0 saturated heterocycles. The molecular formula is C13H17N3O2S. The Balaban J connectivity index is 2.52. The molecule has 0 aliphatic heterocycles. The number of amides is 2. The van der Waals surface area contributed by atoms with Gasteiger partial charge in [-0.1, -0.05) is 24.4 Å². The highest BCUT2D eigenvalue weighted by molar-refractivity contribution is 7.80. The Morgan fingerprint density at radius 3 is 2.58 bits per heavy atom. The highest BCUT2D eigenvalue weighted by Crippen LogP contribution is 2.05. The Morgan fingerprint density at radius 2 is 1.95 bits per heavy atom. The third-order valence-corrected chi connectivity index (χ3v) is 2.66. The van der Waals surface area contributed by atoms with Gasteiger partial charge >= 0.3 is 0 Å². The lowest BCUT2D eigenvalue weighted by Crippen LogP contribution is -2.30. The highest BCUT2D eigenvalue weighted by atomic mass is 32.1. The summed E-state index contributed by atoms with van der Waals surface area (Å²) in [4.78, 5) is 23.3. The van der Waals surface area contributed by atoms with Crippen molar-refractivity contribution in [3.63, 3.8) is 0 Å². The zero-order valence-corrected chi connectivity index (χ0v) is 11.5. The molecule has 0 aromatic heterocycles. The molecule has 0 spiro atoms. The fourth-order valence-corrected chi connectivity index (χ4v) is 1.62. The Hall–Kier alpha value is -1.95. The van der Waals surface area contributed by atoms with Gasteiger partial charge in [-0.05, 0) is 19.1 Å². The van der Waals surface area contributed by atoms with Crippen molar-refractivity contribution in [1.29, 1.82) is 0 Å². The van der Waals surface area contributed by atoms with Gasteiger partial charge in [-0.25, -0.2) is 0 Å². The summed E-state index contributed by atoms with van der Waals surface area (Å²) in [6.45, 7) is 2.72. The van der Waals surface area contributed by atoms with Gasteiger partial charge < -0.3 is 16.4 Å². The van der Waals surface area contributed by atoms with Crippen molar-refractivity contribution in [2.75, 3.05) is 13.1 Å². The summed E-state index contributed by atoms with van der Waals surface area (Å²) in [6.07, 6.45) is 0.259. The van der Waals surface area contributed by atoms with Crippen molar-refractivity contribution >= 4 is 29.0 Å². The van der Waals surface area contributed by atoms with Gasteiger partial charge in [0.2, 0.25) is 5.91 Å². The average Bonchev–Trinajstić information content (AvgIpc) is 2.39. The second kappa shape index (κ2) is 7.48. The van der Waals surface area contributed by atoms with E-state index >= 15 is 0 Å². The summed E-state index contributed by atoms with van der Waals surface area (Å²) in [5, 5.41) is 5.33. The minimum atomic E-state index is -0.248. The Morgan fingerprint density at radius 1 is 1.26 bits per heavy atom. The van der Waals surface area contributed by atoms with Crippen LogP contribution >= 0.6 is 12.2 Å². The van der Waals surface area contributed by atoms with Crippen molar-refractivity contribution in [1.82, 2.24) is 10.6 Å². The van der Waals surface area contributed by atoms with Gasteiger partial charge in [-0.3, -0.25) is 9.59 Å². The molecule has 19 heavy (non-hydrogen) atoms. The average molecular weight is 279 g/mol. The van der Waals surface area contributed by atoms with E-state index in [-0.39, 0.29) is 23.2 Å². The summed E-state index contributed by atoms with van der Waals surface area (Å²) < 4.78 is 0.